The Bertz CT molecular complexity index is 657. The van der Waals surface area contributed by atoms with Gasteiger partial charge in [-0.15, -0.1) is 0 Å². The topological polar surface area (TPSA) is 41.9 Å². The second-order valence-corrected chi connectivity index (χ2v) is 6.83. The molecule has 0 amide bonds. The lowest BCUT2D eigenvalue weighted by atomic mass is 10.0. The Hall–Kier alpha value is -2.04. The van der Waals surface area contributed by atoms with Crippen LogP contribution >= 0.6 is 0 Å². The molecule has 1 atom stereocenters. The van der Waals surface area contributed by atoms with Crippen molar-refractivity contribution in [2.75, 3.05) is 33.9 Å². The summed E-state index contributed by atoms with van der Waals surface area (Å²) < 4.78 is 11.6. The zero-order valence-electron chi connectivity index (χ0n) is 16.1. The zero-order chi connectivity index (χ0) is 18.8. The van der Waals surface area contributed by atoms with E-state index in [0.717, 1.165) is 42.9 Å². The van der Waals surface area contributed by atoms with E-state index < -0.39 is 6.10 Å². The van der Waals surface area contributed by atoms with Gasteiger partial charge in [0.25, 0.3) is 0 Å². The van der Waals surface area contributed by atoms with Crippen LogP contribution in [-0.4, -0.2) is 50.0 Å². The molecule has 142 valence electrons. The predicted octanol–water partition coefficient (Wildman–Crippen LogP) is 3.56. The normalized spacial score (nSPS) is 12.2. The minimum Gasteiger partial charge on any atom is -0.494 e. The summed E-state index contributed by atoms with van der Waals surface area (Å²) in [4.78, 5) is 1.95. The van der Waals surface area contributed by atoms with Crippen molar-refractivity contribution in [1.29, 1.82) is 0 Å². The summed E-state index contributed by atoms with van der Waals surface area (Å²) in [6, 6.07) is 16.3. The first kappa shape index (κ1) is 20.3. The highest BCUT2D eigenvalue weighted by atomic mass is 16.5. The van der Waals surface area contributed by atoms with E-state index in [-0.39, 0.29) is 0 Å². The van der Waals surface area contributed by atoms with Gasteiger partial charge in [0, 0.05) is 6.54 Å². The third-order valence-corrected chi connectivity index (χ3v) is 4.03. The molecule has 0 unspecified atom stereocenters. The molecule has 2 rings (SSSR count). The summed E-state index contributed by atoms with van der Waals surface area (Å²) in [6.07, 6.45) is 2.32. The van der Waals surface area contributed by atoms with Crippen LogP contribution in [0.25, 0.3) is 0 Å². The van der Waals surface area contributed by atoms with Crippen LogP contribution in [0.3, 0.4) is 0 Å². The fourth-order valence-corrected chi connectivity index (χ4v) is 2.80. The third kappa shape index (κ3) is 7.06. The number of aryl methyl sites for hydroxylation is 2. The first-order valence-corrected chi connectivity index (χ1v) is 9.33. The van der Waals surface area contributed by atoms with Crippen molar-refractivity contribution >= 4 is 0 Å². The molecule has 0 saturated heterocycles. The molecule has 0 aliphatic rings. The number of hydrogen-bond donors (Lipinski definition) is 1. The van der Waals surface area contributed by atoms with Crippen molar-refractivity contribution in [2.45, 2.75) is 32.3 Å². The smallest absolute Gasteiger partial charge is 0.122 e. The molecule has 1 N–H and O–H groups in total. The van der Waals surface area contributed by atoms with Crippen molar-refractivity contribution in [3.63, 3.8) is 0 Å². The van der Waals surface area contributed by atoms with Gasteiger partial charge in [0.2, 0.25) is 0 Å². The van der Waals surface area contributed by atoms with E-state index in [1.54, 1.807) is 0 Å². The maximum Gasteiger partial charge on any atom is 0.122 e. The molecular formula is C22H31NO3. The number of benzene rings is 2. The zero-order valence-corrected chi connectivity index (χ0v) is 16.1. The summed E-state index contributed by atoms with van der Waals surface area (Å²) in [5.74, 6) is 1.78. The lowest BCUT2D eigenvalue weighted by molar-refractivity contribution is 0.0827. The van der Waals surface area contributed by atoms with Crippen LogP contribution < -0.4 is 9.47 Å². The van der Waals surface area contributed by atoms with Crippen molar-refractivity contribution in [3.05, 3.63) is 59.7 Å². The van der Waals surface area contributed by atoms with Crippen LogP contribution in [0, 0.1) is 0 Å². The number of nitrogens with zero attached hydrogens (tertiary/aromatic N) is 1. The largest absolute Gasteiger partial charge is 0.494 e. The average Bonchev–Trinajstić information content (AvgIpc) is 2.63. The van der Waals surface area contributed by atoms with Crippen molar-refractivity contribution in [2.24, 2.45) is 0 Å². The quantitative estimate of drug-likeness (QED) is 0.668. The molecule has 4 heteroatoms. The van der Waals surface area contributed by atoms with Crippen LogP contribution in [0.15, 0.2) is 48.5 Å². The molecule has 0 saturated carbocycles. The van der Waals surface area contributed by atoms with Crippen LogP contribution in [0.5, 0.6) is 11.5 Å². The first-order valence-electron chi connectivity index (χ1n) is 9.33. The second-order valence-electron chi connectivity index (χ2n) is 6.83. The van der Waals surface area contributed by atoms with Crippen LogP contribution in [0.4, 0.5) is 0 Å². The maximum absolute atomic E-state index is 10.0. The molecule has 0 aliphatic heterocycles. The van der Waals surface area contributed by atoms with Gasteiger partial charge in [0.15, 0.2) is 0 Å². The van der Waals surface area contributed by atoms with Crippen molar-refractivity contribution < 1.29 is 14.6 Å². The molecule has 0 aromatic heterocycles. The monoisotopic (exact) mass is 357 g/mol. The van der Waals surface area contributed by atoms with E-state index in [9.17, 15) is 5.11 Å². The molecule has 0 heterocycles. The van der Waals surface area contributed by atoms with E-state index >= 15 is 0 Å². The number of para-hydroxylation sites is 1. The highest BCUT2D eigenvalue weighted by molar-refractivity contribution is 5.35. The van der Waals surface area contributed by atoms with Gasteiger partial charge in [-0.1, -0.05) is 37.3 Å². The lowest BCUT2D eigenvalue weighted by Crippen LogP contribution is -2.30. The number of rotatable bonds is 11. The van der Waals surface area contributed by atoms with Gasteiger partial charge in [0.05, 0.1) is 6.61 Å². The molecule has 26 heavy (non-hydrogen) atoms. The number of aliphatic hydroxyl groups excluding tert-OH is 1. The Labute approximate surface area is 157 Å². The van der Waals surface area contributed by atoms with Gasteiger partial charge in [-0.25, -0.2) is 0 Å². The van der Waals surface area contributed by atoms with Crippen LogP contribution in [0.2, 0.25) is 0 Å². The van der Waals surface area contributed by atoms with E-state index in [0.29, 0.717) is 13.2 Å². The van der Waals surface area contributed by atoms with Crippen molar-refractivity contribution in [3.8, 4) is 11.5 Å². The summed E-state index contributed by atoms with van der Waals surface area (Å²) >= 11 is 0. The Morgan fingerprint density at radius 2 is 1.81 bits per heavy atom. The minimum atomic E-state index is -0.495. The van der Waals surface area contributed by atoms with E-state index in [4.69, 9.17) is 9.47 Å². The number of hydrogen-bond acceptors (Lipinski definition) is 4. The lowest BCUT2D eigenvalue weighted by Gasteiger charge is -2.18. The second kappa shape index (κ2) is 10.8. The highest BCUT2D eigenvalue weighted by Gasteiger charge is 2.09. The minimum absolute atomic E-state index is 0.301. The number of likely N-dealkylation sites (N-methyl/N-ethyl adjacent to an activating group) is 1. The molecular weight excluding hydrogens is 326 g/mol. The van der Waals surface area contributed by atoms with Gasteiger partial charge in [-0.3, -0.25) is 0 Å². The summed E-state index contributed by atoms with van der Waals surface area (Å²) in [7, 11) is 3.88. The van der Waals surface area contributed by atoms with Gasteiger partial charge < -0.3 is 19.5 Å². The maximum atomic E-state index is 10.0. The average molecular weight is 357 g/mol. The standard InChI is InChI=1S/C22H31NO3/c1-4-14-25-21-10-7-8-18(15-21)12-13-19-9-5-6-11-22(19)26-17-20(24)16-23(2)3/h5-11,15,20,24H,4,12-14,16-17H2,1-3H3/t20-/m0/s1. The molecule has 0 bridgehead atoms. The summed E-state index contributed by atoms with van der Waals surface area (Å²) in [6.45, 7) is 3.74. The van der Waals surface area contributed by atoms with Crippen LogP contribution in [-0.2, 0) is 12.8 Å². The van der Waals surface area contributed by atoms with E-state index in [2.05, 4.69) is 25.1 Å². The third-order valence-electron chi connectivity index (χ3n) is 4.03. The summed E-state index contributed by atoms with van der Waals surface area (Å²) in [5, 5.41) is 10.0. The van der Waals surface area contributed by atoms with E-state index in [1.165, 1.54) is 5.56 Å². The first-order chi connectivity index (χ1) is 12.6. The summed E-state index contributed by atoms with van der Waals surface area (Å²) in [5.41, 5.74) is 2.41. The fourth-order valence-electron chi connectivity index (χ4n) is 2.80. The molecule has 4 nitrogen and oxygen atoms in total. The van der Waals surface area contributed by atoms with Crippen LogP contribution in [0.1, 0.15) is 24.5 Å². The van der Waals surface area contributed by atoms with Gasteiger partial charge in [-0.2, -0.15) is 0 Å². The predicted molar refractivity (Wildman–Crippen MR) is 106 cm³/mol. The SMILES string of the molecule is CCCOc1cccc(CCc2ccccc2OC[C@@H](O)CN(C)C)c1. The molecule has 0 aliphatic carbocycles. The molecule has 0 fully saturated rings. The Balaban J connectivity index is 1.93. The molecule has 2 aromatic rings. The fraction of sp³-hybridized carbons (Fsp3) is 0.455. The van der Waals surface area contributed by atoms with E-state index in [1.807, 2.05) is 49.3 Å². The van der Waals surface area contributed by atoms with Crippen molar-refractivity contribution in [1.82, 2.24) is 4.90 Å². The molecule has 0 radical (unpaired) electrons. The van der Waals surface area contributed by atoms with Gasteiger partial charge >= 0.3 is 0 Å². The number of ether oxygens (including phenoxy) is 2. The molecule has 0 spiro atoms. The Kier molecular flexibility index (Phi) is 8.45. The Morgan fingerprint density at radius 3 is 2.58 bits per heavy atom. The highest BCUT2D eigenvalue weighted by Crippen LogP contribution is 2.21. The van der Waals surface area contributed by atoms with Gasteiger partial charge in [-0.05, 0) is 62.7 Å². The molecule has 2 aromatic carbocycles. The Morgan fingerprint density at radius 1 is 1.00 bits per heavy atom. The van der Waals surface area contributed by atoms with Gasteiger partial charge in [0.1, 0.15) is 24.2 Å². The number of aliphatic hydroxyl groups is 1.